The molecule has 0 saturated carbocycles. The van der Waals surface area contributed by atoms with Gasteiger partial charge in [0.15, 0.2) is 0 Å². The minimum atomic E-state index is -0.446. The molecule has 384 valence electrons. The molecule has 0 amide bonds. The Hall–Kier alpha value is -6.39. The molecule has 0 unspecified atom stereocenters. The first-order chi connectivity index (χ1) is 37.8. The maximum atomic E-state index is 2.23. The molecule has 0 saturated heterocycles. The van der Waals surface area contributed by atoms with Gasteiger partial charge in [-0.05, 0) is 95.3 Å². The Kier molecular flexibility index (Phi) is 25.2. The van der Waals surface area contributed by atoms with E-state index >= 15 is 0 Å². The molecule has 0 aliphatic rings. The molecule has 0 bridgehead atoms. The summed E-state index contributed by atoms with van der Waals surface area (Å²) >= 11 is 0. The van der Waals surface area contributed by atoms with Crippen molar-refractivity contribution in [2.24, 2.45) is 0 Å². The number of hydrogen-bond acceptors (Lipinski definition) is 0. The molecule has 0 aromatic heterocycles. The molecule has 6 heteroatoms. The van der Waals surface area contributed by atoms with Crippen molar-refractivity contribution in [1.29, 1.82) is 0 Å². The molecule has 12 rings (SSSR count). The van der Waals surface area contributed by atoms with Gasteiger partial charge in [0.2, 0.25) is 0 Å². The summed E-state index contributed by atoms with van der Waals surface area (Å²) in [5, 5.41) is 16.8. The van der Waals surface area contributed by atoms with E-state index in [9.17, 15) is 0 Å². The minimum absolute atomic E-state index is 0. The summed E-state index contributed by atoms with van der Waals surface area (Å²) in [4.78, 5) is 0. The third kappa shape index (κ3) is 17.3. The van der Waals surface area contributed by atoms with E-state index in [0.717, 1.165) is 0 Å². The Morgan fingerprint density at radius 2 is 0.167 bits per heavy atom. The summed E-state index contributed by atoms with van der Waals surface area (Å²) in [6, 6.07) is 129. The van der Waals surface area contributed by atoms with E-state index in [1.54, 1.807) is 0 Å². The second-order valence-corrected chi connectivity index (χ2v) is 26.2. The van der Waals surface area contributed by atoms with Crippen molar-refractivity contribution in [3.8, 4) is 0 Å². The van der Waals surface area contributed by atoms with E-state index in [1.807, 2.05) is 0 Å². The van der Waals surface area contributed by atoms with Crippen LogP contribution in [0.3, 0.4) is 0 Å². The van der Waals surface area contributed by atoms with Crippen molar-refractivity contribution in [3.63, 3.8) is 0 Å². The van der Waals surface area contributed by atoms with Gasteiger partial charge in [-0.25, -0.2) is 0 Å². The van der Waals surface area contributed by atoms with Crippen LogP contribution >= 0.6 is 31.7 Å². The normalized spacial score (nSPS) is 10.3. The van der Waals surface area contributed by atoms with Gasteiger partial charge in [0.05, 0.1) is 0 Å². The van der Waals surface area contributed by atoms with Gasteiger partial charge in [-0.3, -0.25) is 0 Å². The van der Waals surface area contributed by atoms with Gasteiger partial charge in [0.1, 0.15) is 0 Å². The van der Waals surface area contributed by atoms with E-state index in [2.05, 4.69) is 364 Å². The van der Waals surface area contributed by atoms with Gasteiger partial charge in [-0.1, -0.05) is 364 Å². The second-order valence-electron chi connectivity index (χ2n) is 17.4. The fourth-order valence-corrected chi connectivity index (χ4v) is 17.9. The smallest absolute Gasteiger partial charge is 0 e. The molecule has 78 heavy (non-hydrogen) atoms. The van der Waals surface area contributed by atoms with E-state index in [-0.39, 0.29) is 39.0 Å². The summed E-state index contributed by atoms with van der Waals surface area (Å²) in [7, 11) is -1.78. The van der Waals surface area contributed by atoms with Gasteiger partial charge in [0.25, 0.3) is 0 Å². The van der Waals surface area contributed by atoms with Crippen LogP contribution in [0.4, 0.5) is 0 Å². The van der Waals surface area contributed by atoms with Crippen LogP contribution in [-0.4, -0.2) is 0 Å². The van der Waals surface area contributed by atoms with Crippen LogP contribution in [0.2, 0.25) is 0 Å². The predicted octanol–water partition coefficient (Wildman–Crippen LogP) is 13.8. The quantitative estimate of drug-likeness (QED) is 0.0845. The van der Waals surface area contributed by atoms with E-state index < -0.39 is 31.7 Å². The van der Waals surface area contributed by atoms with Crippen LogP contribution in [0.15, 0.2) is 364 Å². The van der Waals surface area contributed by atoms with Gasteiger partial charge in [-0.15, -0.1) is 0 Å². The zero-order valence-electron chi connectivity index (χ0n) is 43.1. The fraction of sp³-hybridized carbons (Fsp3) is 0. The summed E-state index contributed by atoms with van der Waals surface area (Å²) in [6.07, 6.45) is 0. The molecular formula is C72H60P4Ru2. The Morgan fingerprint density at radius 3 is 0.231 bits per heavy atom. The van der Waals surface area contributed by atoms with Crippen molar-refractivity contribution >= 4 is 95.3 Å². The van der Waals surface area contributed by atoms with E-state index in [1.165, 1.54) is 63.7 Å². The molecule has 0 nitrogen and oxygen atoms in total. The van der Waals surface area contributed by atoms with Crippen molar-refractivity contribution < 1.29 is 39.0 Å². The molecule has 0 spiro atoms. The third-order valence-corrected chi connectivity index (χ3v) is 21.9. The van der Waals surface area contributed by atoms with Crippen LogP contribution in [0, 0.1) is 0 Å². The van der Waals surface area contributed by atoms with Crippen molar-refractivity contribution in [2.45, 2.75) is 0 Å². The molecular weight excluding hydrogens is 1190 g/mol. The number of hydrogen-bond donors (Lipinski definition) is 0. The molecule has 0 aliphatic heterocycles. The summed E-state index contributed by atoms with van der Waals surface area (Å²) < 4.78 is 0. The standard InChI is InChI=1S/4C18H15P.2Ru/c4*1-4-10-16(11-5-1)19(17-12-6-2-7-13-17)18-14-8-3-9-15-18;;/h4*1-15H;;. The second kappa shape index (κ2) is 33.1. The predicted molar refractivity (Wildman–Crippen MR) is 341 cm³/mol. The van der Waals surface area contributed by atoms with Crippen molar-refractivity contribution in [2.75, 3.05) is 0 Å². The Morgan fingerprint density at radius 1 is 0.103 bits per heavy atom. The average molecular weight is 1250 g/mol. The van der Waals surface area contributed by atoms with Crippen LogP contribution in [0.5, 0.6) is 0 Å². The summed E-state index contributed by atoms with van der Waals surface area (Å²) in [6.45, 7) is 0. The first-order valence-corrected chi connectivity index (χ1v) is 31.0. The maximum Gasteiger partial charge on any atom is 0 e. The van der Waals surface area contributed by atoms with Gasteiger partial charge in [0, 0.05) is 39.0 Å². The Balaban J connectivity index is 0.000000149. The molecule has 0 N–H and O–H groups in total. The summed E-state index contributed by atoms with van der Waals surface area (Å²) in [5.41, 5.74) is 0. The van der Waals surface area contributed by atoms with E-state index in [4.69, 9.17) is 0 Å². The Labute approximate surface area is 494 Å². The van der Waals surface area contributed by atoms with Gasteiger partial charge >= 0.3 is 0 Å². The van der Waals surface area contributed by atoms with E-state index in [0.29, 0.717) is 0 Å². The maximum absolute atomic E-state index is 2.23. The van der Waals surface area contributed by atoms with Crippen LogP contribution in [0.1, 0.15) is 0 Å². The van der Waals surface area contributed by atoms with Crippen molar-refractivity contribution in [3.05, 3.63) is 364 Å². The third-order valence-electron chi connectivity index (χ3n) is 12.2. The molecule has 12 aromatic carbocycles. The molecule has 0 aliphatic carbocycles. The van der Waals surface area contributed by atoms with Crippen LogP contribution in [-0.2, 0) is 39.0 Å². The number of benzene rings is 12. The largest absolute Gasteiger partial charge is 0.0622 e. The molecule has 12 aromatic rings. The SMILES string of the molecule is [Ru].[Ru].c1ccc(P(c2ccccc2)c2ccccc2)cc1.c1ccc(P(c2ccccc2)c2ccccc2)cc1.c1ccc(P(c2ccccc2)c2ccccc2)cc1.c1ccc(P(c2ccccc2)c2ccccc2)cc1. The zero-order chi connectivity index (χ0) is 51.7. The molecule has 0 atom stereocenters. The molecule has 0 heterocycles. The topological polar surface area (TPSA) is 0 Å². The average Bonchev–Trinajstić information content (AvgIpc) is 3.51. The van der Waals surface area contributed by atoms with Gasteiger partial charge in [-0.2, -0.15) is 0 Å². The first kappa shape index (κ1) is 59.3. The van der Waals surface area contributed by atoms with Crippen LogP contribution in [0.25, 0.3) is 0 Å². The molecule has 0 fully saturated rings. The minimum Gasteiger partial charge on any atom is -0.0622 e. The Bertz CT molecular complexity index is 2580. The number of rotatable bonds is 12. The van der Waals surface area contributed by atoms with Crippen molar-refractivity contribution in [1.82, 2.24) is 0 Å². The monoisotopic (exact) mass is 1250 g/mol. The zero-order valence-corrected chi connectivity index (χ0v) is 50.2. The first-order valence-electron chi connectivity index (χ1n) is 25.6. The molecule has 0 radical (unpaired) electrons. The van der Waals surface area contributed by atoms with Gasteiger partial charge < -0.3 is 0 Å². The summed E-state index contributed by atoms with van der Waals surface area (Å²) in [5.74, 6) is 0. The van der Waals surface area contributed by atoms with Crippen LogP contribution < -0.4 is 63.7 Å². The fourth-order valence-electron chi connectivity index (χ4n) is 8.71.